The number of nitrogens with zero attached hydrogens (tertiary/aromatic N) is 4. The quantitative estimate of drug-likeness (QED) is 0.713. The van der Waals surface area contributed by atoms with Gasteiger partial charge in [-0.25, -0.2) is 28.2 Å². The summed E-state index contributed by atoms with van der Waals surface area (Å²) in [6.45, 7) is 0.903. The molecule has 0 spiro atoms. The molecule has 30 heavy (non-hydrogen) atoms. The number of anilines is 2. The van der Waals surface area contributed by atoms with E-state index in [0.717, 1.165) is 0 Å². The first-order chi connectivity index (χ1) is 14.0. The molecule has 10 nitrogen and oxygen atoms in total. The third-order valence-electron chi connectivity index (χ3n) is 3.64. The minimum absolute atomic E-state index is 0.236. The number of carboxylic acid groups (broad SMARTS) is 1. The van der Waals surface area contributed by atoms with E-state index in [4.69, 9.17) is 14.6 Å². The second-order valence-electron chi connectivity index (χ2n) is 5.91. The molecule has 1 atom stereocenters. The van der Waals surface area contributed by atoms with Crippen molar-refractivity contribution in [2.75, 3.05) is 31.3 Å². The molecule has 14 heteroatoms. The molecule has 1 aliphatic heterocycles. The van der Waals surface area contributed by atoms with Gasteiger partial charge in [0.1, 0.15) is 17.7 Å². The molecule has 0 aromatic carbocycles. The Morgan fingerprint density at radius 2 is 1.93 bits per heavy atom. The molecule has 2 aromatic rings. The van der Waals surface area contributed by atoms with Crippen LogP contribution in [0, 0.1) is 0 Å². The summed E-state index contributed by atoms with van der Waals surface area (Å²) in [5.41, 5.74) is 0. The zero-order valence-corrected chi connectivity index (χ0v) is 16.4. The molecule has 1 fully saturated rings. The fourth-order valence-corrected chi connectivity index (χ4v) is 3.38. The lowest BCUT2D eigenvalue weighted by Crippen LogP contribution is -2.43. The van der Waals surface area contributed by atoms with E-state index < -0.39 is 28.2 Å². The van der Waals surface area contributed by atoms with Crippen molar-refractivity contribution in [2.45, 2.75) is 12.2 Å². The fraction of sp³-hybridized carbons (Fsp3) is 0.375. The third-order valence-corrected chi connectivity index (χ3v) is 4.93. The van der Waals surface area contributed by atoms with Gasteiger partial charge in [-0.05, 0) is 18.2 Å². The number of aromatic nitrogens is 3. The topological polar surface area (TPSA) is 135 Å². The van der Waals surface area contributed by atoms with Crippen LogP contribution in [-0.2, 0) is 19.6 Å². The van der Waals surface area contributed by atoms with Gasteiger partial charge in [-0.15, -0.1) is 0 Å². The number of hydrogen-bond donors (Lipinski definition) is 2. The van der Waals surface area contributed by atoms with Crippen LogP contribution < -0.4 is 5.32 Å². The molecule has 3 heterocycles. The normalized spacial score (nSPS) is 17.5. The van der Waals surface area contributed by atoms with E-state index in [9.17, 15) is 21.6 Å². The van der Waals surface area contributed by atoms with Gasteiger partial charge in [0.25, 0.3) is 0 Å². The van der Waals surface area contributed by atoms with E-state index >= 15 is 0 Å². The Kier molecular flexibility index (Phi) is 7.64. The maximum absolute atomic E-state index is 11.9. The highest BCUT2D eigenvalue weighted by molar-refractivity contribution is 7.88. The minimum atomic E-state index is -5.08. The van der Waals surface area contributed by atoms with Crippen LogP contribution in [0.1, 0.15) is 11.9 Å². The second kappa shape index (κ2) is 9.77. The predicted molar refractivity (Wildman–Crippen MR) is 98.4 cm³/mol. The van der Waals surface area contributed by atoms with Gasteiger partial charge in [-0.3, -0.25) is 0 Å². The van der Waals surface area contributed by atoms with Crippen molar-refractivity contribution in [3.63, 3.8) is 0 Å². The highest BCUT2D eigenvalue weighted by atomic mass is 32.2. The summed E-state index contributed by atoms with van der Waals surface area (Å²) in [6, 6.07) is 6.67. The number of hydrogen-bond acceptors (Lipinski definition) is 8. The van der Waals surface area contributed by atoms with Crippen LogP contribution >= 0.6 is 0 Å². The van der Waals surface area contributed by atoms with Crippen molar-refractivity contribution in [3.8, 4) is 0 Å². The predicted octanol–water partition coefficient (Wildman–Crippen LogP) is 1.58. The number of ether oxygens (including phenoxy) is 1. The molecule has 1 aliphatic rings. The maximum atomic E-state index is 11.9. The first-order valence-electron chi connectivity index (χ1n) is 8.34. The monoisotopic (exact) mass is 449 g/mol. The Bertz CT molecular complexity index is 959. The van der Waals surface area contributed by atoms with Crippen molar-refractivity contribution in [2.24, 2.45) is 0 Å². The highest BCUT2D eigenvalue weighted by Gasteiger charge is 2.38. The molecule has 164 valence electrons. The van der Waals surface area contributed by atoms with Crippen molar-refractivity contribution >= 4 is 27.6 Å². The number of sulfonamides is 1. The van der Waals surface area contributed by atoms with E-state index in [-0.39, 0.29) is 6.61 Å². The van der Waals surface area contributed by atoms with Gasteiger partial charge in [0, 0.05) is 18.9 Å². The van der Waals surface area contributed by atoms with Crippen LogP contribution in [0.2, 0.25) is 0 Å². The molecule has 0 saturated carbocycles. The Labute approximate surface area is 169 Å². The minimum Gasteiger partial charge on any atom is -0.475 e. The molecular weight excluding hydrogens is 431 g/mol. The number of nitrogens with one attached hydrogen (secondary N) is 1. The molecule has 0 radical (unpaired) electrons. The largest absolute Gasteiger partial charge is 0.490 e. The lowest BCUT2D eigenvalue weighted by molar-refractivity contribution is -0.192. The van der Waals surface area contributed by atoms with Gasteiger partial charge in [-0.2, -0.15) is 17.5 Å². The van der Waals surface area contributed by atoms with Crippen LogP contribution in [0.25, 0.3) is 0 Å². The Morgan fingerprint density at radius 3 is 2.50 bits per heavy atom. The number of alkyl halides is 3. The Hall–Kier alpha value is -2.84. The van der Waals surface area contributed by atoms with Crippen LogP contribution in [0.3, 0.4) is 0 Å². The third kappa shape index (κ3) is 6.89. The molecule has 0 amide bonds. The van der Waals surface area contributed by atoms with Crippen LogP contribution in [0.5, 0.6) is 0 Å². The van der Waals surface area contributed by atoms with E-state index in [1.807, 2.05) is 18.2 Å². The number of aliphatic carboxylic acids is 1. The first-order valence-corrected chi connectivity index (χ1v) is 10.2. The van der Waals surface area contributed by atoms with Crippen molar-refractivity contribution in [3.05, 3.63) is 42.5 Å². The maximum Gasteiger partial charge on any atom is 0.490 e. The summed E-state index contributed by atoms with van der Waals surface area (Å²) < 4.78 is 62.4. The van der Waals surface area contributed by atoms with Gasteiger partial charge < -0.3 is 15.2 Å². The van der Waals surface area contributed by atoms with Crippen LogP contribution in [0.15, 0.2) is 36.7 Å². The van der Waals surface area contributed by atoms with Crippen molar-refractivity contribution in [1.82, 2.24) is 19.3 Å². The number of halogens is 3. The molecule has 1 unspecified atom stereocenters. The number of morpholine rings is 1. The zero-order valence-electron chi connectivity index (χ0n) is 15.6. The first kappa shape index (κ1) is 23.4. The van der Waals surface area contributed by atoms with Gasteiger partial charge in [0.15, 0.2) is 5.82 Å². The summed E-state index contributed by atoms with van der Waals surface area (Å²) in [5.74, 6) is -1.16. The average Bonchev–Trinajstić information content (AvgIpc) is 2.68. The number of carboxylic acids is 1. The van der Waals surface area contributed by atoms with E-state index in [0.29, 0.717) is 30.6 Å². The summed E-state index contributed by atoms with van der Waals surface area (Å²) in [4.78, 5) is 21.7. The highest BCUT2D eigenvalue weighted by Crippen LogP contribution is 2.25. The SMILES string of the molecule is CS(=O)(=O)N1CCOCC1c1nccc(Nc2ccccn2)n1.O=C(O)C(F)(F)F. The molecule has 0 bridgehead atoms. The molecule has 3 rings (SSSR count). The van der Waals surface area contributed by atoms with E-state index in [1.54, 1.807) is 18.5 Å². The fourth-order valence-electron chi connectivity index (χ4n) is 2.36. The van der Waals surface area contributed by atoms with E-state index in [2.05, 4.69) is 20.3 Å². The molecular formula is C16H18F3N5O5S. The Morgan fingerprint density at radius 1 is 1.23 bits per heavy atom. The van der Waals surface area contributed by atoms with Crippen molar-refractivity contribution in [1.29, 1.82) is 0 Å². The smallest absolute Gasteiger partial charge is 0.475 e. The summed E-state index contributed by atoms with van der Waals surface area (Å²) in [7, 11) is -3.35. The average molecular weight is 449 g/mol. The summed E-state index contributed by atoms with van der Waals surface area (Å²) in [5, 5.41) is 10.2. The van der Waals surface area contributed by atoms with Crippen LogP contribution in [-0.4, -0.2) is 70.9 Å². The Balaban J connectivity index is 0.000000396. The molecule has 2 aromatic heterocycles. The summed E-state index contributed by atoms with van der Waals surface area (Å²) in [6.07, 6.45) is -0.644. The van der Waals surface area contributed by atoms with Gasteiger partial charge in [-0.1, -0.05) is 6.07 Å². The number of pyridine rings is 1. The van der Waals surface area contributed by atoms with E-state index in [1.165, 1.54) is 10.6 Å². The number of carbonyl (C=O) groups is 1. The van der Waals surface area contributed by atoms with Crippen molar-refractivity contribution < 1.29 is 36.2 Å². The molecule has 2 N–H and O–H groups in total. The molecule has 0 aliphatic carbocycles. The zero-order chi connectivity index (χ0) is 22.4. The standard InChI is InChI=1S/C14H17N5O3S.C2HF3O2/c1-23(20,21)19-8-9-22-10-11(19)14-16-7-5-13(18-14)17-12-4-2-3-6-15-12;3-2(4,5)1(6)7/h2-7,11H,8-10H2,1H3,(H,15,16,17,18);(H,6,7). The van der Waals surface area contributed by atoms with Gasteiger partial charge >= 0.3 is 12.1 Å². The molecule has 1 saturated heterocycles. The van der Waals surface area contributed by atoms with Gasteiger partial charge in [0.05, 0.1) is 19.5 Å². The lowest BCUT2D eigenvalue weighted by Gasteiger charge is -2.32. The van der Waals surface area contributed by atoms with Gasteiger partial charge in [0.2, 0.25) is 10.0 Å². The number of rotatable bonds is 4. The second-order valence-corrected chi connectivity index (χ2v) is 7.84. The summed E-state index contributed by atoms with van der Waals surface area (Å²) >= 11 is 0. The van der Waals surface area contributed by atoms with Crippen LogP contribution in [0.4, 0.5) is 24.8 Å². The lowest BCUT2D eigenvalue weighted by atomic mass is 10.2.